The summed E-state index contributed by atoms with van der Waals surface area (Å²) < 4.78 is 24.3. The molecule has 18 heavy (non-hydrogen) atoms. The standard InChI is InChI=1S/C14H27NO2S/c1-10-7-11(2)9-12(8-10)14(15)13-5-3-4-6-18(13,16)17/h10-14H,3-9,15H2,1-2H3. The molecule has 2 fully saturated rings. The van der Waals surface area contributed by atoms with Crippen molar-refractivity contribution in [2.24, 2.45) is 23.5 Å². The summed E-state index contributed by atoms with van der Waals surface area (Å²) in [5.74, 6) is 2.14. The summed E-state index contributed by atoms with van der Waals surface area (Å²) in [7, 11) is -2.93. The van der Waals surface area contributed by atoms with E-state index in [1.165, 1.54) is 6.42 Å². The first-order valence-corrected chi connectivity index (χ1v) is 9.09. The summed E-state index contributed by atoms with van der Waals surface area (Å²) in [5, 5.41) is -0.270. The molecule has 0 spiro atoms. The van der Waals surface area contributed by atoms with Crippen LogP contribution in [0.5, 0.6) is 0 Å². The van der Waals surface area contributed by atoms with Gasteiger partial charge in [0.05, 0.1) is 11.0 Å². The van der Waals surface area contributed by atoms with Crippen LogP contribution >= 0.6 is 0 Å². The summed E-state index contributed by atoms with van der Waals surface area (Å²) in [6, 6.07) is -0.138. The number of nitrogens with two attached hydrogens (primary N) is 1. The predicted molar refractivity (Wildman–Crippen MR) is 75.1 cm³/mol. The molecule has 0 radical (unpaired) electrons. The molecule has 0 amide bonds. The Kier molecular flexibility index (Phi) is 4.37. The predicted octanol–water partition coefficient (Wildman–Crippen LogP) is 2.35. The van der Waals surface area contributed by atoms with Crippen molar-refractivity contribution in [3.63, 3.8) is 0 Å². The summed E-state index contributed by atoms with van der Waals surface area (Å²) in [6.07, 6.45) is 6.11. The van der Waals surface area contributed by atoms with Crippen LogP contribution in [0, 0.1) is 17.8 Å². The van der Waals surface area contributed by atoms with Gasteiger partial charge in [-0.3, -0.25) is 0 Å². The summed E-state index contributed by atoms with van der Waals surface area (Å²) in [6.45, 7) is 4.54. The van der Waals surface area contributed by atoms with Crippen LogP contribution in [0.1, 0.15) is 52.4 Å². The van der Waals surface area contributed by atoms with Crippen molar-refractivity contribution in [2.75, 3.05) is 5.75 Å². The zero-order chi connectivity index (χ0) is 13.3. The minimum absolute atomic E-state index is 0.138. The Morgan fingerprint density at radius 1 is 1.06 bits per heavy atom. The highest BCUT2D eigenvalue weighted by atomic mass is 32.2. The Hall–Kier alpha value is -0.0900. The monoisotopic (exact) mass is 273 g/mol. The van der Waals surface area contributed by atoms with Crippen LogP contribution in [0.2, 0.25) is 0 Å². The molecule has 4 unspecified atom stereocenters. The van der Waals surface area contributed by atoms with Gasteiger partial charge in [-0.05, 0) is 49.9 Å². The fourth-order valence-corrected chi connectivity index (χ4v) is 6.17. The van der Waals surface area contributed by atoms with E-state index in [9.17, 15) is 8.42 Å². The van der Waals surface area contributed by atoms with Gasteiger partial charge in [0.15, 0.2) is 9.84 Å². The van der Waals surface area contributed by atoms with Gasteiger partial charge in [0.1, 0.15) is 0 Å². The zero-order valence-corrected chi connectivity index (χ0v) is 12.5. The topological polar surface area (TPSA) is 60.2 Å². The largest absolute Gasteiger partial charge is 0.326 e. The maximum atomic E-state index is 12.1. The first-order valence-electron chi connectivity index (χ1n) is 7.37. The van der Waals surface area contributed by atoms with Gasteiger partial charge in [-0.15, -0.1) is 0 Å². The van der Waals surface area contributed by atoms with Crippen molar-refractivity contribution in [2.45, 2.75) is 63.7 Å². The molecule has 4 atom stereocenters. The molecule has 0 aromatic heterocycles. The van der Waals surface area contributed by atoms with Crippen molar-refractivity contribution < 1.29 is 8.42 Å². The molecule has 3 nitrogen and oxygen atoms in total. The molecular weight excluding hydrogens is 246 g/mol. The molecule has 2 N–H and O–H groups in total. The van der Waals surface area contributed by atoms with Crippen molar-refractivity contribution in [3.05, 3.63) is 0 Å². The second-order valence-electron chi connectivity index (χ2n) is 6.66. The summed E-state index contributed by atoms with van der Waals surface area (Å²) in [5.41, 5.74) is 6.34. The lowest BCUT2D eigenvalue weighted by molar-refractivity contribution is 0.187. The molecule has 2 aliphatic rings. The fourth-order valence-electron chi connectivity index (χ4n) is 4.04. The second kappa shape index (κ2) is 5.49. The lowest BCUT2D eigenvalue weighted by atomic mass is 9.73. The number of rotatable bonds is 2. The van der Waals surface area contributed by atoms with Crippen molar-refractivity contribution >= 4 is 9.84 Å². The van der Waals surface area contributed by atoms with Crippen LogP contribution in [0.4, 0.5) is 0 Å². The number of hydrogen-bond donors (Lipinski definition) is 1. The minimum atomic E-state index is -2.93. The van der Waals surface area contributed by atoms with E-state index in [1.807, 2.05) is 0 Å². The molecule has 106 valence electrons. The molecule has 0 aromatic carbocycles. The van der Waals surface area contributed by atoms with E-state index in [4.69, 9.17) is 5.73 Å². The highest BCUT2D eigenvalue weighted by Gasteiger charge is 2.39. The van der Waals surface area contributed by atoms with E-state index in [0.29, 0.717) is 23.5 Å². The molecule has 1 aliphatic carbocycles. The normalized spacial score (nSPS) is 42.4. The average molecular weight is 273 g/mol. The Morgan fingerprint density at radius 2 is 1.67 bits per heavy atom. The van der Waals surface area contributed by atoms with Crippen LogP contribution in [-0.4, -0.2) is 25.5 Å². The molecule has 4 heteroatoms. The van der Waals surface area contributed by atoms with E-state index in [2.05, 4.69) is 13.8 Å². The second-order valence-corrected chi connectivity index (χ2v) is 9.00. The van der Waals surface area contributed by atoms with Gasteiger partial charge in [0.2, 0.25) is 0 Å². The number of sulfone groups is 1. The maximum absolute atomic E-state index is 12.1. The van der Waals surface area contributed by atoms with Gasteiger partial charge in [0.25, 0.3) is 0 Å². The first-order chi connectivity index (χ1) is 8.40. The van der Waals surface area contributed by atoms with Crippen LogP contribution in [0.3, 0.4) is 0 Å². The summed E-state index contributed by atoms with van der Waals surface area (Å²) in [4.78, 5) is 0. The molecule has 1 saturated carbocycles. The van der Waals surface area contributed by atoms with Gasteiger partial charge in [0, 0.05) is 6.04 Å². The third-order valence-electron chi connectivity index (χ3n) is 4.82. The lowest BCUT2D eigenvalue weighted by Gasteiger charge is -2.39. The van der Waals surface area contributed by atoms with E-state index >= 15 is 0 Å². The van der Waals surface area contributed by atoms with Gasteiger partial charge in [-0.2, -0.15) is 0 Å². The Labute approximate surface area is 111 Å². The number of hydrogen-bond acceptors (Lipinski definition) is 3. The molecule has 2 rings (SSSR count). The minimum Gasteiger partial charge on any atom is -0.326 e. The van der Waals surface area contributed by atoms with Crippen molar-refractivity contribution in [3.8, 4) is 0 Å². The molecule has 1 saturated heterocycles. The van der Waals surface area contributed by atoms with Gasteiger partial charge in [-0.1, -0.05) is 20.3 Å². The third kappa shape index (κ3) is 3.08. The molecule has 1 aliphatic heterocycles. The van der Waals surface area contributed by atoms with E-state index in [1.54, 1.807) is 0 Å². The van der Waals surface area contributed by atoms with E-state index in [0.717, 1.165) is 32.1 Å². The highest BCUT2D eigenvalue weighted by molar-refractivity contribution is 7.92. The van der Waals surface area contributed by atoms with Gasteiger partial charge < -0.3 is 5.73 Å². The molecule has 0 aromatic rings. The first kappa shape index (κ1) is 14.3. The fraction of sp³-hybridized carbons (Fsp3) is 1.00. The quantitative estimate of drug-likeness (QED) is 0.840. The average Bonchev–Trinajstić information content (AvgIpc) is 2.26. The summed E-state index contributed by atoms with van der Waals surface area (Å²) >= 11 is 0. The molecule has 0 bridgehead atoms. The van der Waals surface area contributed by atoms with Crippen LogP contribution in [-0.2, 0) is 9.84 Å². The molecular formula is C14H27NO2S. The maximum Gasteiger partial charge on any atom is 0.154 e. The van der Waals surface area contributed by atoms with Gasteiger partial charge >= 0.3 is 0 Å². The highest BCUT2D eigenvalue weighted by Crippen LogP contribution is 2.37. The van der Waals surface area contributed by atoms with Crippen molar-refractivity contribution in [1.82, 2.24) is 0 Å². The van der Waals surface area contributed by atoms with E-state index in [-0.39, 0.29) is 11.3 Å². The van der Waals surface area contributed by atoms with Crippen LogP contribution in [0.25, 0.3) is 0 Å². The Morgan fingerprint density at radius 3 is 2.22 bits per heavy atom. The Balaban J connectivity index is 2.08. The zero-order valence-electron chi connectivity index (χ0n) is 11.6. The smallest absolute Gasteiger partial charge is 0.154 e. The van der Waals surface area contributed by atoms with Crippen molar-refractivity contribution in [1.29, 1.82) is 0 Å². The molecule has 1 heterocycles. The van der Waals surface area contributed by atoms with Crippen LogP contribution in [0.15, 0.2) is 0 Å². The van der Waals surface area contributed by atoms with Gasteiger partial charge in [-0.25, -0.2) is 8.42 Å². The van der Waals surface area contributed by atoms with Crippen LogP contribution < -0.4 is 5.73 Å². The Bertz CT molecular complexity index is 369. The lowest BCUT2D eigenvalue weighted by Crippen LogP contribution is -2.49. The van der Waals surface area contributed by atoms with E-state index < -0.39 is 9.84 Å². The third-order valence-corrected chi connectivity index (χ3v) is 7.15. The SMILES string of the molecule is CC1CC(C)CC(C(N)C2CCCCS2(=O)=O)C1.